The zero-order valence-corrected chi connectivity index (χ0v) is 12.1. The molecule has 0 spiro atoms. The van der Waals surface area contributed by atoms with Gasteiger partial charge in [0, 0.05) is 21.8 Å². The summed E-state index contributed by atoms with van der Waals surface area (Å²) in [4.78, 5) is 12.1. The number of amidine groups is 1. The predicted molar refractivity (Wildman–Crippen MR) is 83.1 cm³/mol. The Bertz CT molecular complexity index is 697. The van der Waals surface area contributed by atoms with E-state index in [-0.39, 0.29) is 11.7 Å². The van der Waals surface area contributed by atoms with Crippen LogP contribution < -0.4 is 11.1 Å². The number of oxime groups is 1. The van der Waals surface area contributed by atoms with Crippen LogP contribution in [-0.2, 0) is 0 Å². The van der Waals surface area contributed by atoms with E-state index in [9.17, 15) is 4.79 Å². The molecule has 0 saturated heterocycles. The number of nitrogens with one attached hydrogen (secondary N) is 1. The van der Waals surface area contributed by atoms with Crippen molar-refractivity contribution in [3.63, 3.8) is 0 Å². The van der Waals surface area contributed by atoms with Gasteiger partial charge in [0.2, 0.25) is 0 Å². The molecule has 0 unspecified atom stereocenters. The van der Waals surface area contributed by atoms with Gasteiger partial charge in [0.25, 0.3) is 5.91 Å². The summed E-state index contributed by atoms with van der Waals surface area (Å²) in [6.45, 7) is 1.87. The van der Waals surface area contributed by atoms with E-state index in [1.165, 1.54) is 0 Å². The van der Waals surface area contributed by atoms with Crippen molar-refractivity contribution in [1.82, 2.24) is 0 Å². The van der Waals surface area contributed by atoms with E-state index in [4.69, 9.17) is 22.5 Å². The average Bonchev–Trinajstić information content (AvgIpc) is 2.50. The summed E-state index contributed by atoms with van der Waals surface area (Å²) in [6.07, 6.45) is 0. The molecular weight excluding hydrogens is 290 g/mol. The maximum atomic E-state index is 12.1. The van der Waals surface area contributed by atoms with Gasteiger partial charge in [-0.25, -0.2) is 0 Å². The van der Waals surface area contributed by atoms with Gasteiger partial charge in [0.15, 0.2) is 5.84 Å². The maximum Gasteiger partial charge on any atom is 0.255 e. The van der Waals surface area contributed by atoms with Crippen LogP contribution in [0.5, 0.6) is 0 Å². The number of aryl methyl sites for hydroxylation is 1. The van der Waals surface area contributed by atoms with Crippen LogP contribution in [0.15, 0.2) is 47.6 Å². The van der Waals surface area contributed by atoms with Crippen molar-refractivity contribution in [2.45, 2.75) is 6.92 Å². The van der Waals surface area contributed by atoms with Crippen molar-refractivity contribution in [2.75, 3.05) is 5.32 Å². The Morgan fingerprint density at radius 1 is 1.19 bits per heavy atom. The molecule has 0 atom stereocenters. The molecule has 2 rings (SSSR count). The van der Waals surface area contributed by atoms with Crippen LogP contribution in [0.1, 0.15) is 21.5 Å². The van der Waals surface area contributed by atoms with E-state index in [0.29, 0.717) is 21.8 Å². The number of carbonyl (C=O) groups is 1. The third-order valence-corrected chi connectivity index (χ3v) is 3.39. The lowest BCUT2D eigenvalue weighted by atomic mass is 10.1. The number of benzene rings is 2. The Balaban J connectivity index is 2.14. The van der Waals surface area contributed by atoms with Crippen molar-refractivity contribution in [3.8, 4) is 0 Å². The molecule has 0 aliphatic carbocycles. The van der Waals surface area contributed by atoms with Gasteiger partial charge in [-0.1, -0.05) is 22.8 Å². The maximum absolute atomic E-state index is 12.1. The Hall–Kier alpha value is -2.53. The molecule has 0 aliphatic heterocycles. The van der Waals surface area contributed by atoms with Crippen LogP contribution in [0, 0.1) is 6.92 Å². The first-order valence-corrected chi connectivity index (χ1v) is 6.54. The fourth-order valence-corrected chi connectivity index (χ4v) is 1.90. The minimum absolute atomic E-state index is 0.0122. The van der Waals surface area contributed by atoms with Crippen LogP contribution >= 0.6 is 11.6 Å². The summed E-state index contributed by atoms with van der Waals surface area (Å²) in [6, 6.07) is 11.7. The van der Waals surface area contributed by atoms with Crippen molar-refractivity contribution in [1.29, 1.82) is 0 Å². The molecule has 6 heteroatoms. The highest BCUT2D eigenvalue weighted by atomic mass is 35.5. The molecule has 2 aromatic rings. The fraction of sp³-hybridized carbons (Fsp3) is 0.0667. The number of hydrogen-bond acceptors (Lipinski definition) is 3. The van der Waals surface area contributed by atoms with Crippen LogP contribution in [0.3, 0.4) is 0 Å². The Labute approximate surface area is 127 Å². The largest absolute Gasteiger partial charge is 0.409 e. The lowest BCUT2D eigenvalue weighted by Gasteiger charge is -2.07. The van der Waals surface area contributed by atoms with E-state index in [0.717, 1.165) is 5.56 Å². The number of anilines is 1. The average molecular weight is 304 g/mol. The van der Waals surface area contributed by atoms with Crippen molar-refractivity contribution in [2.24, 2.45) is 10.9 Å². The first-order valence-electron chi connectivity index (χ1n) is 6.16. The van der Waals surface area contributed by atoms with E-state index < -0.39 is 0 Å². The number of hydrogen-bond donors (Lipinski definition) is 3. The van der Waals surface area contributed by atoms with Gasteiger partial charge in [0.05, 0.1) is 0 Å². The summed E-state index contributed by atoms with van der Waals surface area (Å²) < 4.78 is 0. The van der Waals surface area contributed by atoms with Crippen LogP contribution in [0.25, 0.3) is 0 Å². The zero-order valence-electron chi connectivity index (χ0n) is 11.3. The fourth-order valence-electron chi connectivity index (χ4n) is 1.72. The molecular formula is C15H14ClN3O2. The monoisotopic (exact) mass is 303 g/mol. The van der Waals surface area contributed by atoms with Gasteiger partial charge in [-0.3, -0.25) is 4.79 Å². The molecule has 0 bridgehead atoms. The Morgan fingerprint density at radius 2 is 1.81 bits per heavy atom. The van der Waals surface area contributed by atoms with Crippen molar-refractivity contribution < 1.29 is 10.0 Å². The minimum Gasteiger partial charge on any atom is -0.409 e. The zero-order chi connectivity index (χ0) is 15.4. The molecule has 2 aromatic carbocycles. The van der Waals surface area contributed by atoms with Gasteiger partial charge in [-0.05, 0) is 48.9 Å². The van der Waals surface area contributed by atoms with Gasteiger partial charge >= 0.3 is 0 Å². The lowest BCUT2D eigenvalue weighted by Crippen LogP contribution is -2.14. The van der Waals surface area contributed by atoms with Crippen LogP contribution in [0.2, 0.25) is 5.02 Å². The second kappa shape index (κ2) is 6.28. The second-order valence-electron chi connectivity index (χ2n) is 4.48. The SMILES string of the molecule is Cc1ccc(C(=O)Nc2ccc(C(N)=NO)cc2)cc1Cl. The molecule has 1 amide bonds. The number of carbonyl (C=O) groups excluding carboxylic acids is 1. The molecule has 21 heavy (non-hydrogen) atoms. The van der Waals surface area contributed by atoms with E-state index in [1.54, 1.807) is 42.5 Å². The number of rotatable bonds is 3. The first-order chi connectivity index (χ1) is 10.0. The number of halogens is 1. The van der Waals surface area contributed by atoms with Crippen molar-refractivity contribution >= 4 is 29.0 Å². The molecule has 0 saturated carbocycles. The predicted octanol–water partition coefficient (Wildman–Crippen LogP) is 3.00. The first kappa shape index (κ1) is 14.9. The molecule has 0 aromatic heterocycles. The molecule has 0 aliphatic rings. The third kappa shape index (κ3) is 3.52. The highest BCUT2D eigenvalue weighted by Crippen LogP contribution is 2.18. The highest BCUT2D eigenvalue weighted by Gasteiger charge is 2.08. The lowest BCUT2D eigenvalue weighted by molar-refractivity contribution is 0.102. The van der Waals surface area contributed by atoms with Crippen LogP contribution in [0.4, 0.5) is 5.69 Å². The van der Waals surface area contributed by atoms with E-state index in [1.807, 2.05) is 6.92 Å². The molecule has 108 valence electrons. The number of nitrogens with zero attached hydrogens (tertiary/aromatic N) is 1. The van der Waals surface area contributed by atoms with Gasteiger partial charge in [0.1, 0.15) is 0 Å². The topological polar surface area (TPSA) is 87.7 Å². The van der Waals surface area contributed by atoms with Gasteiger partial charge in [-0.15, -0.1) is 0 Å². The molecule has 0 radical (unpaired) electrons. The molecule has 4 N–H and O–H groups in total. The minimum atomic E-state index is -0.256. The molecule has 0 heterocycles. The molecule has 0 fully saturated rings. The third-order valence-electron chi connectivity index (χ3n) is 2.98. The standard InChI is InChI=1S/C15H14ClN3O2/c1-9-2-3-11(8-13(9)16)15(20)18-12-6-4-10(5-7-12)14(17)19-21/h2-8,21H,1H3,(H2,17,19)(H,18,20). The number of amides is 1. The molecule has 5 nitrogen and oxygen atoms in total. The normalized spacial score (nSPS) is 11.2. The van der Waals surface area contributed by atoms with Crippen molar-refractivity contribution in [3.05, 3.63) is 64.2 Å². The second-order valence-corrected chi connectivity index (χ2v) is 4.89. The highest BCUT2D eigenvalue weighted by molar-refractivity contribution is 6.31. The Kier molecular flexibility index (Phi) is 4.45. The summed E-state index contributed by atoms with van der Waals surface area (Å²) in [5, 5.41) is 14.8. The van der Waals surface area contributed by atoms with E-state index in [2.05, 4.69) is 10.5 Å². The smallest absolute Gasteiger partial charge is 0.255 e. The van der Waals surface area contributed by atoms with Gasteiger partial charge in [-0.2, -0.15) is 0 Å². The summed E-state index contributed by atoms with van der Waals surface area (Å²) in [5.41, 5.74) is 8.02. The Morgan fingerprint density at radius 3 is 2.38 bits per heavy atom. The summed E-state index contributed by atoms with van der Waals surface area (Å²) in [5.74, 6) is -0.244. The van der Waals surface area contributed by atoms with Gasteiger partial charge < -0.3 is 16.3 Å². The summed E-state index contributed by atoms with van der Waals surface area (Å²) in [7, 11) is 0. The number of nitrogens with two attached hydrogens (primary N) is 1. The summed E-state index contributed by atoms with van der Waals surface area (Å²) >= 11 is 6.00. The van der Waals surface area contributed by atoms with E-state index >= 15 is 0 Å². The van der Waals surface area contributed by atoms with Crippen LogP contribution in [-0.4, -0.2) is 17.0 Å². The quantitative estimate of drug-likeness (QED) is 0.352.